The number of hydrogen-bond donors (Lipinski definition) is 3. The number of thioether (sulfide) groups is 1. The highest BCUT2D eigenvalue weighted by atomic mass is 32.2. The summed E-state index contributed by atoms with van der Waals surface area (Å²) >= 11 is 1.37. The monoisotopic (exact) mass is 657 g/mol. The Morgan fingerprint density at radius 1 is 0.708 bits per heavy atom. The summed E-state index contributed by atoms with van der Waals surface area (Å²) in [5.41, 5.74) is 4.07. The third kappa shape index (κ3) is 8.71. The Balaban J connectivity index is 1.40. The van der Waals surface area contributed by atoms with Crippen LogP contribution in [0.25, 0.3) is 6.08 Å². The average Bonchev–Trinajstić information content (AvgIpc) is 3.12. The number of anilines is 2. The van der Waals surface area contributed by atoms with Crippen molar-refractivity contribution in [3.05, 3.63) is 155 Å². The van der Waals surface area contributed by atoms with E-state index in [1.807, 2.05) is 73.7 Å². The fourth-order valence-electron chi connectivity index (χ4n) is 4.85. The van der Waals surface area contributed by atoms with Crippen molar-refractivity contribution in [2.45, 2.75) is 17.1 Å². The molecule has 0 aliphatic heterocycles. The van der Waals surface area contributed by atoms with Gasteiger partial charge in [0, 0.05) is 21.8 Å². The molecule has 0 aliphatic rings. The number of rotatable bonds is 12. The molecule has 0 bridgehead atoms. The molecule has 0 radical (unpaired) electrons. The molecule has 3 N–H and O–H groups in total. The largest absolute Gasteiger partial charge is 0.493 e. The molecule has 9 heteroatoms. The van der Waals surface area contributed by atoms with Crippen molar-refractivity contribution in [1.29, 1.82) is 0 Å². The van der Waals surface area contributed by atoms with E-state index in [9.17, 15) is 14.4 Å². The molecule has 0 aliphatic carbocycles. The van der Waals surface area contributed by atoms with E-state index in [1.54, 1.807) is 66.7 Å². The van der Waals surface area contributed by atoms with Crippen molar-refractivity contribution in [3.63, 3.8) is 0 Å². The maximum Gasteiger partial charge on any atom is 0.272 e. The number of carbonyl (C=O) groups excluding carboxylic acids is 3. The molecular weight excluding hydrogens is 623 g/mol. The maximum atomic E-state index is 13.7. The number of ether oxygens (including phenoxy) is 2. The summed E-state index contributed by atoms with van der Waals surface area (Å²) in [6, 6.07) is 38.2. The van der Waals surface area contributed by atoms with Gasteiger partial charge >= 0.3 is 0 Å². The molecular formula is C39H35N3O5S. The Morgan fingerprint density at radius 3 is 2.10 bits per heavy atom. The molecule has 3 amide bonds. The van der Waals surface area contributed by atoms with E-state index in [2.05, 4.69) is 16.0 Å². The number of amides is 3. The molecule has 0 saturated carbocycles. The highest BCUT2D eigenvalue weighted by Gasteiger charge is 2.23. The second-order valence-electron chi connectivity index (χ2n) is 10.7. The molecule has 1 atom stereocenters. The van der Waals surface area contributed by atoms with Gasteiger partial charge in [-0.15, -0.1) is 11.8 Å². The first-order chi connectivity index (χ1) is 23.3. The number of para-hydroxylation sites is 1. The molecule has 5 aromatic rings. The van der Waals surface area contributed by atoms with E-state index in [4.69, 9.17) is 9.47 Å². The minimum atomic E-state index is -0.567. The van der Waals surface area contributed by atoms with E-state index in [0.717, 1.165) is 21.7 Å². The fraction of sp³-hybridized carbons (Fsp3) is 0.103. The van der Waals surface area contributed by atoms with Gasteiger partial charge in [0.2, 0.25) is 5.91 Å². The van der Waals surface area contributed by atoms with Crippen LogP contribution in [0.4, 0.5) is 11.4 Å². The van der Waals surface area contributed by atoms with Crippen molar-refractivity contribution in [2.24, 2.45) is 0 Å². The van der Waals surface area contributed by atoms with Crippen molar-refractivity contribution in [3.8, 4) is 11.5 Å². The van der Waals surface area contributed by atoms with Crippen LogP contribution >= 0.6 is 11.8 Å². The highest BCUT2D eigenvalue weighted by molar-refractivity contribution is 8.00. The van der Waals surface area contributed by atoms with Crippen molar-refractivity contribution >= 4 is 46.9 Å². The van der Waals surface area contributed by atoms with Gasteiger partial charge in [0.1, 0.15) is 10.9 Å². The highest BCUT2D eigenvalue weighted by Crippen LogP contribution is 2.37. The summed E-state index contributed by atoms with van der Waals surface area (Å²) in [6.07, 6.45) is 1.57. The van der Waals surface area contributed by atoms with Crippen LogP contribution in [-0.2, 0) is 9.59 Å². The quantitative estimate of drug-likeness (QED) is 0.0931. The lowest BCUT2D eigenvalue weighted by atomic mass is 10.1. The molecule has 0 fully saturated rings. The normalized spacial score (nSPS) is 11.6. The molecule has 48 heavy (non-hydrogen) atoms. The van der Waals surface area contributed by atoms with Gasteiger partial charge in [0.05, 0.1) is 14.2 Å². The average molecular weight is 658 g/mol. The SMILES string of the molecule is COc1ccc(/C=C(/NC(=O)c2ccccc2)C(=O)Nc2cccc(SC(C(=O)Nc3ccccc3C)c3ccccc3)c2)cc1OC. The van der Waals surface area contributed by atoms with Crippen LogP contribution in [0.3, 0.4) is 0 Å². The van der Waals surface area contributed by atoms with E-state index < -0.39 is 17.1 Å². The molecule has 5 rings (SSSR count). The Morgan fingerprint density at radius 2 is 1.40 bits per heavy atom. The summed E-state index contributed by atoms with van der Waals surface area (Å²) in [5, 5.41) is 8.17. The summed E-state index contributed by atoms with van der Waals surface area (Å²) in [5.74, 6) is -0.131. The van der Waals surface area contributed by atoms with Gasteiger partial charge in [-0.3, -0.25) is 14.4 Å². The lowest BCUT2D eigenvalue weighted by molar-refractivity contribution is -0.116. The van der Waals surface area contributed by atoms with Gasteiger partial charge in [0.25, 0.3) is 11.8 Å². The second kappa shape index (κ2) is 16.2. The zero-order chi connectivity index (χ0) is 33.9. The van der Waals surface area contributed by atoms with Crippen LogP contribution in [0.5, 0.6) is 11.5 Å². The first kappa shape index (κ1) is 33.6. The van der Waals surface area contributed by atoms with Crippen LogP contribution in [0.15, 0.2) is 138 Å². The Kier molecular flexibility index (Phi) is 11.3. The number of hydrogen-bond acceptors (Lipinski definition) is 6. The van der Waals surface area contributed by atoms with Crippen LogP contribution < -0.4 is 25.4 Å². The molecule has 0 heterocycles. The molecule has 242 valence electrons. The van der Waals surface area contributed by atoms with Gasteiger partial charge in [-0.2, -0.15) is 0 Å². The zero-order valence-electron chi connectivity index (χ0n) is 26.7. The minimum Gasteiger partial charge on any atom is -0.493 e. The Hall–Kier alpha value is -5.80. The number of aryl methyl sites for hydroxylation is 1. The van der Waals surface area contributed by atoms with Crippen LogP contribution in [0.1, 0.15) is 32.3 Å². The van der Waals surface area contributed by atoms with Crippen LogP contribution in [0.2, 0.25) is 0 Å². The minimum absolute atomic E-state index is 0.0221. The standard InChI is InChI=1S/C39H35N3O5S/c1-26-13-10-11-20-32(26)41-39(45)36(28-14-6-4-7-15-28)48-31-19-12-18-30(25-31)40-38(44)33(42-37(43)29-16-8-5-9-17-29)23-27-21-22-34(46-2)35(24-27)47-3/h4-25,36H,1-3H3,(H,40,44)(H,41,45)(H,42,43)/b33-23+. The predicted octanol–water partition coefficient (Wildman–Crippen LogP) is 7.89. The first-order valence-electron chi connectivity index (χ1n) is 15.1. The Bertz CT molecular complexity index is 1930. The van der Waals surface area contributed by atoms with Gasteiger partial charge < -0.3 is 25.4 Å². The summed E-state index contributed by atoms with van der Waals surface area (Å²) in [6.45, 7) is 1.95. The second-order valence-corrected chi connectivity index (χ2v) is 11.9. The molecule has 0 aromatic heterocycles. The van der Waals surface area contributed by atoms with Crippen LogP contribution in [-0.4, -0.2) is 31.9 Å². The summed E-state index contributed by atoms with van der Waals surface area (Å²) in [4.78, 5) is 41.3. The third-order valence-electron chi connectivity index (χ3n) is 7.34. The third-order valence-corrected chi connectivity index (χ3v) is 8.58. The molecule has 0 spiro atoms. The smallest absolute Gasteiger partial charge is 0.272 e. The number of benzene rings is 5. The number of methoxy groups -OCH3 is 2. The molecule has 1 unspecified atom stereocenters. The first-order valence-corrected chi connectivity index (χ1v) is 16.0. The maximum absolute atomic E-state index is 13.7. The van der Waals surface area contributed by atoms with Crippen LogP contribution in [0, 0.1) is 6.92 Å². The molecule has 8 nitrogen and oxygen atoms in total. The molecule has 5 aromatic carbocycles. The van der Waals surface area contributed by atoms with Crippen molar-refractivity contribution < 1.29 is 23.9 Å². The fourth-order valence-corrected chi connectivity index (χ4v) is 5.93. The molecule has 0 saturated heterocycles. The zero-order valence-corrected chi connectivity index (χ0v) is 27.5. The Labute approximate surface area is 284 Å². The van der Waals surface area contributed by atoms with E-state index in [0.29, 0.717) is 28.3 Å². The number of nitrogens with one attached hydrogen (secondary N) is 3. The topological polar surface area (TPSA) is 106 Å². The predicted molar refractivity (Wildman–Crippen MR) is 191 cm³/mol. The van der Waals surface area contributed by atoms with E-state index >= 15 is 0 Å². The van der Waals surface area contributed by atoms with Gasteiger partial charge in [-0.25, -0.2) is 0 Å². The van der Waals surface area contributed by atoms with Gasteiger partial charge in [-0.05, 0) is 78.2 Å². The van der Waals surface area contributed by atoms with Gasteiger partial charge in [-0.1, -0.05) is 78.9 Å². The van der Waals surface area contributed by atoms with E-state index in [-0.39, 0.29) is 11.6 Å². The van der Waals surface area contributed by atoms with Crippen molar-refractivity contribution in [2.75, 3.05) is 24.9 Å². The summed E-state index contributed by atoms with van der Waals surface area (Å²) < 4.78 is 10.8. The summed E-state index contributed by atoms with van der Waals surface area (Å²) in [7, 11) is 3.06. The van der Waals surface area contributed by atoms with E-state index in [1.165, 1.54) is 26.0 Å². The van der Waals surface area contributed by atoms with Gasteiger partial charge in [0.15, 0.2) is 11.5 Å². The lowest BCUT2D eigenvalue weighted by Crippen LogP contribution is -2.30. The lowest BCUT2D eigenvalue weighted by Gasteiger charge is -2.18. The van der Waals surface area contributed by atoms with Crippen molar-refractivity contribution in [1.82, 2.24) is 5.32 Å². The number of carbonyl (C=O) groups is 3.